The zero-order valence-corrected chi connectivity index (χ0v) is 18.6. The van der Waals surface area contributed by atoms with E-state index >= 15 is 0 Å². The molecule has 0 amide bonds. The monoisotopic (exact) mass is 448 g/mol. The molecule has 0 aliphatic heterocycles. The van der Waals surface area contributed by atoms with E-state index < -0.39 is 0 Å². The topological polar surface area (TPSA) is 95.2 Å². The van der Waals surface area contributed by atoms with Gasteiger partial charge in [0.15, 0.2) is 0 Å². The van der Waals surface area contributed by atoms with Crippen molar-refractivity contribution in [2.45, 2.75) is 25.0 Å². The largest absolute Gasteiger partial charge is 0.490 e. The molecule has 174 valence electrons. The Morgan fingerprint density at radius 3 is 2.64 bits per heavy atom. The van der Waals surface area contributed by atoms with Crippen molar-refractivity contribution >= 4 is 34.0 Å². The van der Waals surface area contributed by atoms with Gasteiger partial charge in [0.25, 0.3) is 5.56 Å². The predicted molar refractivity (Wildman–Crippen MR) is 137 cm³/mol. The lowest BCUT2D eigenvalue weighted by Gasteiger charge is -2.39. The van der Waals surface area contributed by atoms with Gasteiger partial charge in [-0.25, -0.2) is 4.98 Å². The molecule has 8 nitrogen and oxygen atoms in total. The van der Waals surface area contributed by atoms with Gasteiger partial charge >= 0.3 is 0 Å². The fourth-order valence-electron chi connectivity index (χ4n) is 3.86. The summed E-state index contributed by atoms with van der Waals surface area (Å²) in [5.41, 5.74) is 1.86. The van der Waals surface area contributed by atoms with Gasteiger partial charge in [0.1, 0.15) is 23.4 Å². The van der Waals surface area contributed by atoms with Crippen molar-refractivity contribution in [2.24, 2.45) is 0 Å². The summed E-state index contributed by atoms with van der Waals surface area (Å²) in [6.45, 7) is 0. The average molecular weight is 449 g/mol. The summed E-state index contributed by atoms with van der Waals surface area (Å²) >= 11 is 0. The first-order valence-corrected chi connectivity index (χ1v) is 11.0. The van der Waals surface area contributed by atoms with E-state index in [0.29, 0.717) is 23.5 Å². The number of nitrogens with zero attached hydrogens (tertiary/aromatic N) is 3. The minimum atomic E-state index is -0.208. The quantitative estimate of drug-likeness (QED) is 0.366. The second-order valence-electron chi connectivity index (χ2n) is 8.47. The first-order valence-electron chi connectivity index (χ1n) is 11.0. The average Bonchev–Trinajstić information content (AvgIpc) is 2.77. The van der Waals surface area contributed by atoms with E-state index in [4.69, 9.17) is 4.74 Å². The highest BCUT2D eigenvalue weighted by molar-refractivity contribution is 5.82. The molecular formula is C25H32N6O2. The Morgan fingerprint density at radius 2 is 1.85 bits per heavy atom. The third kappa shape index (κ3) is 4.80. The molecule has 4 aromatic rings. The molecule has 5 rings (SSSR count). The van der Waals surface area contributed by atoms with Gasteiger partial charge in [0.2, 0.25) is 5.95 Å². The maximum Gasteiger partial charge on any atom is 0.272 e. The number of benzene rings is 2. The van der Waals surface area contributed by atoms with Gasteiger partial charge in [0, 0.05) is 33.1 Å². The highest BCUT2D eigenvalue weighted by Crippen LogP contribution is 2.29. The van der Waals surface area contributed by atoms with Crippen LogP contribution in [0.25, 0.3) is 10.9 Å². The summed E-state index contributed by atoms with van der Waals surface area (Å²) in [7, 11) is 4.21. The van der Waals surface area contributed by atoms with Crippen LogP contribution in [-0.4, -0.2) is 46.1 Å². The number of pyridine rings is 1. The normalized spacial score (nSPS) is 17.5. The summed E-state index contributed by atoms with van der Waals surface area (Å²) < 4.78 is 6.03. The number of aromatic amines is 1. The molecule has 3 N–H and O–H groups in total. The lowest BCUT2D eigenvalue weighted by atomic mass is 9.88. The third-order valence-electron chi connectivity index (χ3n) is 5.89. The smallest absolute Gasteiger partial charge is 0.272 e. The minimum Gasteiger partial charge on any atom is -0.490 e. The van der Waals surface area contributed by atoms with E-state index in [0.717, 1.165) is 35.2 Å². The van der Waals surface area contributed by atoms with Gasteiger partial charge in [-0.1, -0.05) is 18.2 Å². The number of aromatic nitrogens is 3. The van der Waals surface area contributed by atoms with Crippen LogP contribution in [0.4, 0.5) is 23.1 Å². The summed E-state index contributed by atoms with van der Waals surface area (Å²) in [5, 5.41) is 7.22. The number of rotatable bonds is 7. The number of ether oxygens (including phenoxy) is 1. The van der Waals surface area contributed by atoms with Crippen LogP contribution in [0.5, 0.6) is 5.75 Å². The Labute approximate surface area is 196 Å². The molecule has 0 saturated heterocycles. The van der Waals surface area contributed by atoms with Crippen molar-refractivity contribution in [2.75, 3.05) is 24.7 Å². The Hall–Kier alpha value is -3.91. The minimum absolute atomic E-state index is 0. The van der Waals surface area contributed by atoms with E-state index in [1.807, 2.05) is 54.6 Å². The van der Waals surface area contributed by atoms with Crippen LogP contribution in [-0.2, 0) is 0 Å². The molecule has 0 radical (unpaired) electrons. The highest BCUT2D eigenvalue weighted by Gasteiger charge is 2.32. The van der Waals surface area contributed by atoms with Crippen molar-refractivity contribution in [1.29, 1.82) is 0 Å². The van der Waals surface area contributed by atoms with Crippen molar-refractivity contribution < 1.29 is 9.02 Å². The van der Waals surface area contributed by atoms with E-state index in [9.17, 15) is 4.79 Å². The summed E-state index contributed by atoms with van der Waals surface area (Å²) in [5.74, 6) is 1.81. The molecule has 1 aliphatic carbocycles. The summed E-state index contributed by atoms with van der Waals surface area (Å²) in [6.07, 6.45) is 4.03. The van der Waals surface area contributed by atoms with Gasteiger partial charge in [-0.2, -0.15) is 4.98 Å². The summed E-state index contributed by atoms with van der Waals surface area (Å²) in [6, 6.07) is 19.5. The van der Waals surface area contributed by atoms with E-state index in [1.165, 1.54) is 0 Å². The van der Waals surface area contributed by atoms with Crippen molar-refractivity contribution in [3.8, 4) is 5.75 Å². The molecular weight excluding hydrogens is 416 g/mol. The number of nitrogens with one attached hydrogen (secondary N) is 3. The predicted octanol–water partition coefficient (Wildman–Crippen LogP) is 5.01. The Morgan fingerprint density at radius 1 is 1.06 bits per heavy atom. The molecule has 1 saturated carbocycles. The number of para-hydroxylation sites is 1. The second kappa shape index (κ2) is 8.91. The van der Waals surface area contributed by atoms with E-state index in [-0.39, 0.29) is 15.9 Å². The molecule has 2 heterocycles. The number of hydrogen-bond donors (Lipinski definition) is 3. The number of anilines is 4. The Kier molecular flexibility index (Phi) is 5.66. The molecule has 1 aliphatic rings. The Bertz CT molecular complexity index is 1330. The molecule has 0 unspecified atom stereocenters. The van der Waals surface area contributed by atoms with Gasteiger partial charge in [-0.3, -0.25) is 4.79 Å². The molecule has 2 aromatic heterocycles. The number of hydrogen-bond acceptors (Lipinski definition) is 7. The van der Waals surface area contributed by atoms with Crippen LogP contribution in [0.1, 0.15) is 17.1 Å². The third-order valence-corrected chi connectivity index (χ3v) is 5.89. The van der Waals surface area contributed by atoms with Gasteiger partial charge < -0.3 is 25.3 Å². The summed E-state index contributed by atoms with van der Waals surface area (Å²) in [4.78, 5) is 26.3. The van der Waals surface area contributed by atoms with Gasteiger partial charge in [0.05, 0.1) is 0 Å². The van der Waals surface area contributed by atoms with Gasteiger partial charge in [-0.15, -0.1) is 0 Å². The fraction of sp³-hybridized carbons (Fsp3) is 0.240. The van der Waals surface area contributed by atoms with Crippen LogP contribution in [0.15, 0.2) is 71.7 Å². The molecule has 0 spiro atoms. The first kappa shape index (κ1) is 21.0. The molecule has 2 aromatic carbocycles. The number of fused-ring (bicyclic) bond motifs is 1. The molecule has 0 atom stereocenters. The van der Waals surface area contributed by atoms with Crippen molar-refractivity contribution in [3.05, 3.63) is 77.2 Å². The van der Waals surface area contributed by atoms with E-state index in [1.54, 1.807) is 12.3 Å². The van der Waals surface area contributed by atoms with Crippen LogP contribution in [0.2, 0.25) is 0 Å². The maximum atomic E-state index is 12.4. The lowest BCUT2D eigenvalue weighted by molar-refractivity contribution is 0.0401. The maximum absolute atomic E-state index is 12.4. The first-order chi connectivity index (χ1) is 16.0. The zero-order valence-electron chi connectivity index (χ0n) is 18.6. The number of H-pyrrole nitrogens is 1. The molecule has 8 heteroatoms. The molecule has 33 heavy (non-hydrogen) atoms. The van der Waals surface area contributed by atoms with Gasteiger partial charge in [-0.05, 0) is 69.4 Å². The second-order valence-corrected chi connectivity index (χ2v) is 8.47. The van der Waals surface area contributed by atoms with E-state index in [2.05, 4.69) is 44.6 Å². The van der Waals surface area contributed by atoms with Crippen LogP contribution >= 0.6 is 0 Å². The van der Waals surface area contributed by atoms with Crippen LogP contribution in [0.3, 0.4) is 0 Å². The molecule has 1 fully saturated rings. The zero-order chi connectivity index (χ0) is 22.8. The fourth-order valence-corrected chi connectivity index (χ4v) is 3.86. The highest BCUT2D eigenvalue weighted by atomic mass is 16.5. The Balaban J connectivity index is 0.00000152. The van der Waals surface area contributed by atoms with Crippen LogP contribution < -0.4 is 20.9 Å². The van der Waals surface area contributed by atoms with Crippen molar-refractivity contribution in [1.82, 2.24) is 19.9 Å². The van der Waals surface area contributed by atoms with Crippen molar-refractivity contribution in [3.63, 3.8) is 0 Å². The lowest BCUT2D eigenvalue weighted by Crippen LogP contribution is -2.46. The standard InChI is InChI=1S/C25H26N6O2.3H2/c1-31(2)18-14-20(15-18)33-19-9-7-17(8-10-19)27-25-26-12-11-23(30-25)28-22-13-16-5-3-4-6-21(16)29-24(22)32;;;/h3-13,18,20H,14-15H2,1-2H3,(H,29,32)(H2,26,27,28,30);3*1H. The SMILES string of the molecule is CN(C)C1CC(Oc2ccc(Nc3nccc(Nc4cc5ccccc5[nH]c4=O)n3)cc2)C1.[HH].[HH].[HH]. The van der Waals surface area contributed by atoms with Crippen LogP contribution in [0, 0.1) is 0 Å². The molecule has 0 bridgehead atoms.